The van der Waals surface area contributed by atoms with Gasteiger partial charge in [-0.1, -0.05) is 30.3 Å². The van der Waals surface area contributed by atoms with E-state index < -0.39 is 0 Å². The van der Waals surface area contributed by atoms with Crippen molar-refractivity contribution in [3.8, 4) is 0 Å². The molecule has 3 aromatic rings. The van der Waals surface area contributed by atoms with Crippen molar-refractivity contribution in [2.45, 2.75) is 37.9 Å². The fourth-order valence-corrected chi connectivity index (χ4v) is 3.78. The zero-order valence-corrected chi connectivity index (χ0v) is 15.7. The predicted octanol–water partition coefficient (Wildman–Crippen LogP) is 3.97. The Morgan fingerprint density at radius 1 is 1.22 bits per heavy atom. The number of fused-ring (bicyclic) bond motifs is 1. The number of benzene rings is 1. The summed E-state index contributed by atoms with van der Waals surface area (Å²) in [7, 11) is 0. The first-order valence-electron chi connectivity index (χ1n) is 9.09. The molecule has 0 saturated carbocycles. The van der Waals surface area contributed by atoms with Gasteiger partial charge in [0.15, 0.2) is 5.65 Å². The molecule has 4 rings (SSSR count). The minimum absolute atomic E-state index is 0.0506. The van der Waals surface area contributed by atoms with E-state index in [1.54, 1.807) is 6.20 Å². The maximum Gasteiger partial charge on any atom is 0.410 e. The second-order valence-electron chi connectivity index (χ2n) is 6.65. The number of amides is 1. The van der Waals surface area contributed by atoms with E-state index in [0.29, 0.717) is 19.0 Å². The number of ether oxygens (including phenoxy) is 1. The lowest BCUT2D eigenvalue weighted by atomic mass is 10.2. The molecule has 2 aromatic heterocycles. The van der Waals surface area contributed by atoms with Crippen LogP contribution in [-0.2, 0) is 23.8 Å². The number of likely N-dealkylation sites (tertiary alicyclic amines) is 1. The number of hydrogen-bond donors (Lipinski definition) is 0. The second-order valence-corrected chi connectivity index (χ2v) is 6.92. The fourth-order valence-electron chi connectivity index (χ4n) is 3.58. The van der Waals surface area contributed by atoms with Gasteiger partial charge in [0.1, 0.15) is 17.9 Å². The molecule has 0 bridgehead atoms. The second kappa shape index (κ2) is 7.96. The Bertz CT molecular complexity index is 928. The molecule has 6 nitrogen and oxygen atoms in total. The third kappa shape index (κ3) is 3.76. The van der Waals surface area contributed by atoms with Gasteiger partial charge >= 0.3 is 6.09 Å². The van der Waals surface area contributed by atoms with Gasteiger partial charge in [-0.3, -0.25) is 0 Å². The van der Waals surface area contributed by atoms with Crippen LogP contribution in [-0.4, -0.2) is 38.1 Å². The summed E-state index contributed by atoms with van der Waals surface area (Å²) < 4.78 is 7.55. The van der Waals surface area contributed by atoms with Gasteiger partial charge in [0.05, 0.1) is 11.9 Å². The molecule has 0 spiro atoms. The van der Waals surface area contributed by atoms with Gasteiger partial charge in [0.25, 0.3) is 0 Å². The lowest BCUT2D eigenvalue weighted by Crippen LogP contribution is -2.38. The van der Waals surface area contributed by atoms with E-state index in [2.05, 4.69) is 9.97 Å². The van der Waals surface area contributed by atoms with Crippen LogP contribution in [0.5, 0.6) is 0 Å². The number of aromatic nitrogens is 3. The molecule has 3 heterocycles. The molecule has 1 aromatic carbocycles. The molecule has 140 valence electrons. The lowest BCUT2D eigenvalue weighted by molar-refractivity contribution is 0.0895. The van der Waals surface area contributed by atoms with E-state index in [1.165, 1.54) is 0 Å². The quantitative estimate of drug-likeness (QED) is 0.624. The minimum atomic E-state index is -0.272. The van der Waals surface area contributed by atoms with Crippen LogP contribution in [0.15, 0.2) is 48.7 Å². The van der Waals surface area contributed by atoms with Crippen molar-refractivity contribution in [1.82, 2.24) is 19.4 Å². The van der Waals surface area contributed by atoms with Crippen molar-refractivity contribution in [2.24, 2.45) is 0 Å². The zero-order chi connectivity index (χ0) is 18.6. The van der Waals surface area contributed by atoms with Gasteiger partial charge in [-0.2, -0.15) is 0 Å². The smallest absolute Gasteiger partial charge is 0.410 e. The Morgan fingerprint density at radius 3 is 2.89 bits per heavy atom. The first kappa shape index (κ1) is 17.8. The summed E-state index contributed by atoms with van der Waals surface area (Å²) >= 11 is 6.09. The SMILES string of the molecule is O=C(OCc1ccccc1)N1CCC[C@H]1Cn1c(CCl)nc2cccnc21. The van der Waals surface area contributed by atoms with E-state index in [9.17, 15) is 4.79 Å². The highest BCUT2D eigenvalue weighted by Crippen LogP contribution is 2.24. The monoisotopic (exact) mass is 384 g/mol. The topological polar surface area (TPSA) is 60.2 Å². The number of imidazole rings is 1. The summed E-state index contributed by atoms with van der Waals surface area (Å²) in [5.74, 6) is 1.08. The summed E-state index contributed by atoms with van der Waals surface area (Å²) in [4.78, 5) is 23.4. The van der Waals surface area contributed by atoms with Crippen LogP contribution in [0, 0.1) is 0 Å². The zero-order valence-electron chi connectivity index (χ0n) is 14.9. The molecule has 1 atom stereocenters. The number of hydrogen-bond acceptors (Lipinski definition) is 4. The number of pyridine rings is 1. The molecule has 1 aliphatic heterocycles. The van der Waals surface area contributed by atoms with Gasteiger partial charge in [0.2, 0.25) is 0 Å². The molecule has 0 aliphatic carbocycles. The van der Waals surface area contributed by atoms with Gasteiger partial charge in [-0.15, -0.1) is 11.6 Å². The molecular weight excluding hydrogens is 364 g/mol. The standard InChI is InChI=1S/C20H21ClN4O2/c21-12-18-23-17-9-4-10-22-19(17)25(18)13-16-8-5-11-24(16)20(26)27-14-15-6-2-1-3-7-15/h1-4,6-7,9-10,16H,5,8,11-14H2/t16-/m0/s1. The maximum atomic E-state index is 12.6. The molecule has 1 saturated heterocycles. The highest BCUT2D eigenvalue weighted by atomic mass is 35.5. The van der Waals surface area contributed by atoms with Crippen molar-refractivity contribution in [3.05, 3.63) is 60.0 Å². The average Bonchev–Trinajstić information content (AvgIpc) is 3.32. The Hall–Kier alpha value is -2.60. The van der Waals surface area contributed by atoms with E-state index in [0.717, 1.165) is 35.4 Å². The van der Waals surface area contributed by atoms with E-state index in [1.807, 2.05) is 51.9 Å². The van der Waals surface area contributed by atoms with Crippen molar-refractivity contribution < 1.29 is 9.53 Å². The van der Waals surface area contributed by atoms with Crippen LogP contribution in [0.25, 0.3) is 11.2 Å². The Morgan fingerprint density at radius 2 is 2.07 bits per heavy atom. The molecule has 0 radical (unpaired) electrons. The highest BCUT2D eigenvalue weighted by Gasteiger charge is 2.31. The summed E-state index contributed by atoms with van der Waals surface area (Å²) in [5.41, 5.74) is 2.61. The van der Waals surface area contributed by atoms with E-state index >= 15 is 0 Å². The average molecular weight is 385 g/mol. The summed E-state index contributed by atoms with van der Waals surface area (Å²) in [6.45, 7) is 1.61. The number of carbonyl (C=O) groups excluding carboxylic acids is 1. The summed E-state index contributed by atoms with van der Waals surface area (Å²) in [6, 6.07) is 13.6. The number of carbonyl (C=O) groups is 1. The first-order chi connectivity index (χ1) is 13.3. The Balaban J connectivity index is 1.48. The van der Waals surface area contributed by atoms with Crippen molar-refractivity contribution >= 4 is 28.9 Å². The fraction of sp³-hybridized carbons (Fsp3) is 0.350. The van der Waals surface area contributed by atoms with Crippen LogP contribution in [0.2, 0.25) is 0 Å². The van der Waals surface area contributed by atoms with Gasteiger partial charge < -0.3 is 14.2 Å². The van der Waals surface area contributed by atoms with Crippen LogP contribution < -0.4 is 0 Å². The predicted molar refractivity (Wildman–Crippen MR) is 103 cm³/mol. The molecule has 1 aliphatic rings. The molecule has 7 heteroatoms. The lowest BCUT2D eigenvalue weighted by Gasteiger charge is -2.25. The molecule has 0 N–H and O–H groups in total. The highest BCUT2D eigenvalue weighted by molar-refractivity contribution is 6.16. The largest absolute Gasteiger partial charge is 0.445 e. The third-order valence-electron chi connectivity index (χ3n) is 4.91. The van der Waals surface area contributed by atoms with Crippen molar-refractivity contribution in [2.75, 3.05) is 6.54 Å². The Labute approximate surface area is 162 Å². The minimum Gasteiger partial charge on any atom is -0.445 e. The van der Waals surface area contributed by atoms with Crippen LogP contribution in [0.1, 0.15) is 24.2 Å². The van der Waals surface area contributed by atoms with Crippen molar-refractivity contribution in [3.63, 3.8) is 0 Å². The normalized spacial score (nSPS) is 16.8. The number of halogens is 1. The van der Waals surface area contributed by atoms with Crippen LogP contribution >= 0.6 is 11.6 Å². The third-order valence-corrected chi connectivity index (χ3v) is 5.15. The Kier molecular flexibility index (Phi) is 5.25. The van der Waals surface area contributed by atoms with Crippen LogP contribution in [0.3, 0.4) is 0 Å². The van der Waals surface area contributed by atoms with Crippen molar-refractivity contribution in [1.29, 1.82) is 0 Å². The van der Waals surface area contributed by atoms with Gasteiger partial charge in [-0.25, -0.2) is 14.8 Å². The molecule has 27 heavy (non-hydrogen) atoms. The molecule has 1 fully saturated rings. The number of alkyl halides is 1. The summed E-state index contributed by atoms with van der Waals surface area (Å²) in [5, 5.41) is 0. The van der Waals surface area contributed by atoms with Gasteiger partial charge in [0, 0.05) is 19.3 Å². The van der Waals surface area contributed by atoms with E-state index in [4.69, 9.17) is 16.3 Å². The summed E-state index contributed by atoms with van der Waals surface area (Å²) in [6.07, 6.45) is 3.36. The van der Waals surface area contributed by atoms with Gasteiger partial charge in [-0.05, 0) is 30.5 Å². The van der Waals surface area contributed by atoms with E-state index in [-0.39, 0.29) is 18.7 Å². The number of rotatable bonds is 5. The molecule has 1 amide bonds. The number of nitrogens with zero attached hydrogens (tertiary/aromatic N) is 4. The van der Waals surface area contributed by atoms with Crippen LogP contribution in [0.4, 0.5) is 4.79 Å². The maximum absolute atomic E-state index is 12.6. The molecular formula is C20H21ClN4O2. The molecule has 0 unspecified atom stereocenters. The first-order valence-corrected chi connectivity index (χ1v) is 9.63.